The van der Waals surface area contributed by atoms with Gasteiger partial charge in [0.1, 0.15) is 17.3 Å². The van der Waals surface area contributed by atoms with Crippen LogP contribution in [0, 0.1) is 19.8 Å². The number of halogens is 1. The number of hydrogen-bond donors (Lipinski definition) is 3. The van der Waals surface area contributed by atoms with Crippen molar-refractivity contribution in [1.29, 1.82) is 0 Å². The molecule has 1 aromatic heterocycles. The minimum atomic E-state index is -1.18. The molecule has 0 bridgehead atoms. The van der Waals surface area contributed by atoms with Gasteiger partial charge < -0.3 is 20.5 Å². The molecule has 36 heavy (non-hydrogen) atoms. The zero-order valence-corrected chi connectivity index (χ0v) is 22.7. The summed E-state index contributed by atoms with van der Waals surface area (Å²) in [5, 5.41) is 7.22. The minimum absolute atomic E-state index is 0.0939. The van der Waals surface area contributed by atoms with Gasteiger partial charge in [-0.15, -0.1) is 0 Å². The van der Waals surface area contributed by atoms with Crippen LogP contribution >= 0.6 is 15.9 Å². The number of ether oxygens (including phenoxy) is 1. The van der Waals surface area contributed by atoms with Crippen molar-refractivity contribution in [2.75, 3.05) is 12.4 Å². The first kappa shape index (κ1) is 27.1. The van der Waals surface area contributed by atoms with Crippen LogP contribution in [0.25, 0.3) is 11.0 Å². The lowest BCUT2D eigenvalue weighted by atomic mass is 9.96. The van der Waals surface area contributed by atoms with E-state index in [0.717, 1.165) is 15.6 Å². The van der Waals surface area contributed by atoms with E-state index in [4.69, 9.17) is 4.74 Å². The molecule has 3 rings (SSSR count). The largest absolute Gasteiger partial charge is 0.468 e. The Kier molecular flexibility index (Phi) is 8.29. The van der Waals surface area contributed by atoms with Crippen molar-refractivity contribution in [3.05, 3.63) is 68.0 Å². The third-order valence-corrected chi connectivity index (χ3v) is 5.82. The van der Waals surface area contributed by atoms with E-state index in [1.54, 1.807) is 24.3 Å². The average Bonchev–Trinajstić information content (AvgIpc) is 2.79. The zero-order chi connectivity index (χ0) is 26.6. The van der Waals surface area contributed by atoms with Gasteiger partial charge in [-0.05, 0) is 70.0 Å². The number of carbonyl (C=O) groups is 2. The predicted octanol–water partition coefficient (Wildman–Crippen LogP) is 4.02. The summed E-state index contributed by atoms with van der Waals surface area (Å²) in [5.41, 5.74) is 5.36. The summed E-state index contributed by atoms with van der Waals surface area (Å²) in [7, 11) is 1.23. The number of methoxy groups -OCH3 is 1. The number of aromatic amines is 1. The Morgan fingerprint density at radius 3 is 2.42 bits per heavy atom. The van der Waals surface area contributed by atoms with Crippen molar-refractivity contribution < 1.29 is 14.3 Å². The van der Waals surface area contributed by atoms with E-state index < -0.39 is 28.9 Å². The Bertz CT molecular complexity index is 1370. The number of nitrogens with zero attached hydrogens (tertiary/aromatic N) is 2. The first-order chi connectivity index (χ1) is 16.9. The summed E-state index contributed by atoms with van der Waals surface area (Å²) in [5.74, 6) is -2.48. The van der Waals surface area contributed by atoms with Gasteiger partial charge in [-0.3, -0.25) is 14.4 Å². The highest BCUT2D eigenvalue weighted by atomic mass is 79.9. The summed E-state index contributed by atoms with van der Waals surface area (Å²) in [6.45, 7) is 9.36. The molecule has 10 heteroatoms. The van der Waals surface area contributed by atoms with Crippen molar-refractivity contribution >= 4 is 50.2 Å². The summed E-state index contributed by atoms with van der Waals surface area (Å²) in [6.07, 6.45) is -0.177. The number of hydrazone groups is 1. The molecule has 0 aliphatic rings. The van der Waals surface area contributed by atoms with E-state index in [2.05, 4.69) is 41.7 Å². The number of carbonyl (C=O) groups excluding carboxylic acids is 2. The van der Waals surface area contributed by atoms with Crippen molar-refractivity contribution in [2.45, 2.75) is 46.6 Å². The molecule has 0 radical (unpaired) electrons. The minimum Gasteiger partial charge on any atom is -0.468 e. The Labute approximate surface area is 217 Å². The number of hydrogen-bond acceptors (Lipinski definition) is 7. The Hall–Kier alpha value is -3.53. The van der Waals surface area contributed by atoms with Crippen molar-refractivity contribution in [3.63, 3.8) is 0 Å². The summed E-state index contributed by atoms with van der Waals surface area (Å²) >= 11 is 3.45. The molecule has 3 aromatic rings. The van der Waals surface area contributed by atoms with E-state index >= 15 is 0 Å². The van der Waals surface area contributed by atoms with E-state index in [9.17, 15) is 14.4 Å². The maximum absolute atomic E-state index is 13.6. The number of rotatable bonds is 7. The van der Waals surface area contributed by atoms with Gasteiger partial charge in [-0.25, -0.2) is 4.98 Å². The van der Waals surface area contributed by atoms with Crippen LogP contribution in [0.1, 0.15) is 37.6 Å². The quantitative estimate of drug-likeness (QED) is 0.229. The maximum Gasteiger partial charge on any atom is 0.315 e. The highest BCUT2D eigenvalue weighted by molar-refractivity contribution is 9.10. The van der Waals surface area contributed by atoms with Crippen LogP contribution < -0.4 is 16.3 Å². The Morgan fingerprint density at radius 1 is 1.17 bits per heavy atom. The molecule has 0 saturated heterocycles. The van der Waals surface area contributed by atoms with E-state index in [1.807, 2.05) is 46.8 Å². The number of para-hydroxylation sites is 2. The van der Waals surface area contributed by atoms with E-state index in [1.165, 1.54) is 7.11 Å². The molecule has 2 aromatic carbocycles. The van der Waals surface area contributed by atoms with Crippen LogP contribution in [0.15, 0.2) is 50.8 Å². The Balaban J connectivity index is 2.07. The molecule has 3 N–H and O–H groups in total. The first-order valence-corrected chi connectivity index (χ1v) is 12.2. The smallest absolute Gasteiger partial charge is 0.315 e. The number of anilines is 1. The lowest BCUT2D eigenvalue weighted by Gasteiger charge is -2.22. The molecule has 9 nitrogen and oxygen atoms in total. The van der Waals surface area contributed by atoms with E-state index in [0.29, 0.717) is 16.7 Å². The molecule has 1 heterocycles. The van der Waals surface area contributed by atoms with Crippen molar-refractivity contribution in [3.8, 4) is 0 Å². The number of aromatic nitrogens is 2. The van der Waals surface area contributed by atoms with Gasteiger partial charge in [-0.1, -0.05) is 28.1 Å². The van der Waals surface area contributed by atoms with Crippen LogP contribution in [0.4, 0.5) is 5.69 Å². The highest BCUT2D eigenvalue weighted by Gasteiger charge is 2.33. The second-order valence-corrected chi connectivity index (χ2v) is 10.5. The van der Waals surface area contributed by atoms with Gasteiger partial charge >= 0.3 is 5.97 Å². The molecule has 0 fully saturated rings. The molecule has 0 spiro atoms. The van der Waals surface area contributed by atoms with Crippen LogP contribution in [-0.4, -0.2) is 40.2 Å². The second kappa shape index (κ2) is 11.0. The summed E-state index contributed by atoms with van der Waals surface area (Å²) < 4.78 is 5.90. The number of amides is 1. The Morgan fingerprint density at radius 2 is 1.81 bits per heavy atom. The lowest BCUT2D eigenvalue weighted by molar-refractivity contribution is -0.143. The molecular formula is C26H30BrN5O4. The number of H-pyrrole nitrogens is 1. The molecule has 0 aliphatic carbocycles. The topological polar surface area (TPSA) is 126 Å². The van der Waals surface area contributed by atoms with Crippen molar-refractivity contribution in [1.82, 2.24) is 15.4 Å². The van der Waals surface area contributed by atoms with Gasteiger partial charge in [0.05, 0.1) is 18.1 Å². The van der Waals surface area contributed by atoms with Crippen LogP contribution in [0.3, 0.4) is 0 Å². The first-order valence-electron chi connectivity index (χ1n) is 11.4. The SMILES string of the molecule is COC(=O)C(Cc1nc2ccccc2[nH]c1=O)C(=NNC(C)(C)C)C(=O)Nc1c(C)cc(Br)cc1C. The fourth-order valence-corrected chi connectivity index (χ4v) is 4.32. The number of fused-ring (bicyclic) bond motifs is 1. The van der Waals surface area contributed by atoms with Gasteiger partial charge in [0.2, 0.25) is 0 Å². The second-order valence-electron chi connectivity index (χ2n) is 9.54. The molecular weight excluding hydrogens is 526 g/mol. The number of nitrogens with one attached hydrogen (secondary N) is 3. The van der Waals surface area contributed by atoms with Gasteiger partial charge in [0.15, 0.2) is 0 Å². The summed E-state index contributed by atoms with van der Waals surface area (Å²) in [6, 6.07) is 10.8. The zero-order valence-electron chi connectivity index (χ0n) is 21.2. The molecule has 0 aliphatic heterocycles. The lowest BCUT2D eigenvalue weighted by Crippen LogP contribution is -2.41. The number of benzene rings is 2. The normalized spacial score (nSPS) is 12.8. The predicted molar refractivity (Wildman–Crippen MR) is 144 cm³/mol. The highest BCUT2D eigenvalue weighted by Crippen LogP contribution is 2.25. The number of aryl methyl sites for hydroxylation is 2. The number of esters is 1. The van der Waals surface area contributed by atoms with Crippen molar-refractivity contribution in [2.24, 2.45) is 11.0 Å². The summed E-state index contributed by atoms with van der Waals surface area (Å²) in [4.78, 5) is 46.5. The third kappa shape index (κ3) is 6.57. The standard InChI is InChI=1S/C26H30BrN5O4/c1-14-11-16(27)12-15(2)21(14)30-24(34)22(31-32-26(3,4)5)17(25(35)36-6)13-20-23(33)29-19-10-8-7-9-18(19)28-20/h7-12,17,32H,13H2,1-6H3,(H,29,33)(H,30,34). The molecule has 190 valence electrons. The van der Waals surface area contributed by atoms with Gasteiger partial charge in [-0.2, -0.15) is 5.10 Å². The molecule has 1 amide bonds. The van der Waals surface area contributed by atoms with Gasteiger partial charge in [0, 0.05) is 22.1 Å². The molecule has 1 unspecified atom stereocenters. The van der Waals surface area contributed by atoms with E-state index in [-0.39, 0.29) is 17.8 Å². The van der Waals surface area contributed by atoms with Crippen LogP contribution in [-0.2, 0) is 20.7 Å². The average molecular weight is 556 g/mol. The fraction of sp³-hybridized carbons (Fsp3) is 0.346. The monoisotopic (exact) mass is 555 g/mol. The third-order valence-electron chi connectivity index (χ3n) is 5.36. The van der Waals surface area contributed by atoms with Crippen LogP contribution in [0.5, 0.6) is 0 Å². The van der Waals surface area contributed by atoms with Gasteiger partial charge in [0.25, 0.3) is 11.5 Å². The molecule has 0 saturated carbocycles. The fourth-order valence-electron chi connectivity index (χ4n) is 3.63. The van der Waals surface area contributed by atoms with Crippen LogP contribution in [0.2, 0.25) is 0 Å². The maximum atomic E-state index is 13.6. The molecule has 1 atom stereocenters.